The van der Waals surface area contributed by atoms with Crippen molar-refractivity contribution in [2.45, 2.75) is 20.0 Å². The van der Waals surface area contributed by atoms with Crippen LogP contribution in [-0.4, -0.2) is 30.5 Å². The Hall–Kier alpha value is -2.38. The zero-order chi connectivity index (χ0) is 17.1. The Bertz CT molecular complexity index is 853. The Morgan fingerprint density at radius 2 is 2.08 bits per heavy atom. The molecule has 9 heteroatoms. The van der Waals surface area contributed by atoms with Crippen LogP contribution in [-0.2, 0) is 17.9 Å². The number of anilines is 1. The summed E-state index contributed by atoms with van der Waals surface area (Å²) in [5, 5.41) is 12.1. The zero-order valence-corrected chi connectivity index (χ0v) is 14.3. The third-order valence-corrected chi connectivity index (χ3v) is 3.82. The molecular weight excluding hydrogens is 351 g/mol. The van der Waals surface area contributed by atoms with Crippen molar-refractivity contribution in [3.05, 3.63) is 58.1 Å². The molecule has 1 amide bonds. The Kier molecular flexibility index (Phi) is 4.82. The fourth-order valence-electron chi connectivity index (χ4n) is 2.14. The van der Waals surface area contributed by atoms with Crippen LogP contribution >= 0.6 is 23.2 Å². The fourth-order valence-corrected chi connectivity index (χ4v) is 2.50. The van der Waals surface area contributed by atoms with Crippen LogP contribution < -0.4 is 5.32 Å². The van der Waals surface area contributed by atoms with Crippen LogP contribution in [0.2, 0.25) is 10.0 Å². The molecule has 1 N–H and O–H groups in total. The molecule has 0 fully saturated rings. The molecule has 24 heavy (non-hydrogen) atoms. The summed E-state index contributed by atoms with van der Waals surface area (Å²) in [6.07, 6.45) is 3.15. The van der Waals surface area contributed by atoms with Crippen molar-refractivity contribution < 1.29 is 4.79 Å². The van der Waals surface area contributed by atoms with Gasteiger partial charge in [-0.25, -0.2) is 9.67 Å². The summed E-state index contributed by atoms with van der Waals surface area (Å²) in [5.41, 5.74) is 1.67. The molecular formula is C15H14Cl2N6O. The van der Waals surface area contributed by atoms with Gasteiger partial charge in [-0.1, -0.05) is 35.3 Å². The molecule has 0 atom stereocenters. The second kappa shape index (κ2) is 7.02. The Morgan fingerprint density at radius 3 is 2.79 bits per heavy atom. The standard InChI is InChI=1S/C15H14Cl2N6O/c1-10-13(17)7-22(20-10)8-14(24)19-15-18-9-23(21-15)6-11-3-2-4-12(16)5-11/h2-5,7,9H,6,8H2,1H3,(H,19,21,24). The van der Waals surface area contributed by atoms with E-state index in [0.717, 1.165) is 5.56 Å². The van der Waals surface area contributed by atoms with E-state index >= 15 is 0 Å². The number of aryl methyl sites for hydroxylation is 1. The van der Waals surface area contributed by atoms with Crippen molar-refractivity contribution in [1.29, 1.82) is 0 Å². The number of carbonyl (C=O) groups excluding carboxylic acids is 1. The summed E-state index contributed by atoms with van der Waals surface area (Å²) in [6.45, 7) is 2.32. The molecule has 0 saturated heterocycles. The molecule has 3 rings (SSSR count). The van der Waals surface area contributed by atoms with Gasteiger partial charge in [0.15, 0.2) is 0 Å². The van der Waals surface area contributed by atoms with Crippen LogP contribution in [0.3, 0.4) is 0 Å². The van der Waals surface area contributed by atoms with E-state index in [2.05, 4.69) is 20.5 Å². The quantitative estimate of drug-likeness (QED) is 0.754. The predicted molar refractivity (Wildman–Crippen MR) is 91.2 cm³/mol. The lowest BCUT2D eigenvalue weighted by atomic mass is 10.2. The number of rotatable bonds is 5. The molecule has 7 nitrogen and oxygen atoms in total. The minimum atomic E-state index is -0.283. The minimum Gasteiger partial charge on any atom is -0.292 e. The van der Waals surface area contributed by atoms with Gasteiger partial charge in [-0.3, -0.25) is 14.8 Å². The van der Waals surface area contributed by atoms with Gasteiger partial charge in [0.25, 0.3) is 0 Å². The van der Waals surface area contributed by atoms with Gasteiger partial charge in [-0.15, -0.1) is 5.10 Å². The number of aromatic nitrogens is 5. The normalized spacial score (nSPS) is 10.8. The number of nitrogens with zero attached hydrogens (tertiary/aromatic N) is 5. The lowest BCUT2D eigenvalue weighted by Gasteiger charge is -2.02. The Labute approximate surface area is 148 Å². The summed E-state index contributed by atoms with van der Waals surface area (Å²) in [7, 11) is 0. The third kappa shape index (κ3) is 4.12. The van der Waals surface area contributed by atoms with Crippen LogP contribution in [0.15, 0.2) is 36.8 Å². The van der Waals surface area contributed by atoms with E-state index < -0.39 is 0 Å². The summed E-state index contributed by atoms with van der Waals surface area (Å²) in [5.74, 6) is -0.0494. The topological polar surface area (TPSA) is 77.6 Å². The van der Waals surface area contributed by atoms with Crippen LogP contribution in [0.1, 0.15) is 11.3 Å². The van der Waals surface area contributed by atoms with Gasteiger partial charge in [0.1, 0.15) is 12.9 Å². The van der Waals surface area contributed by atoms with E-state index in [0.29, 0.717) is 22.3 Å². The van der Waals surface area contributed by atoms with Crippen molar-refractivity contribution in [2.75, 3.05) is 5.32 Å². The average Bonchev–Trinajstić information content (AvgIpc) is 3.06. The molecule has 124 valence electrons. The summed E-state index contributed by atoms with van der Waals surface area (Å²) < 4.78 is 3.09. The SMILES string of the molecule is Cc1nn(CC(=O)Nc2ncn(Cc3cccc(Cl)c3)n2)cc1Cl. The van der Waals surface area contributed by atoms with Gasteiger partial charge < -0.3 is 0 Å². The molecule has 0 spiro atoms. The number of hydrogen-bond donors (Lipinski definition) is 1. The van der Waals surface area contributed by atoms with Crippen molar-refractivity contribution in [3.63, 3.8) is 0 Å². The lowest BCUT2D eigenvalue weighted by Crippen LogP contribution is -2.20. The highest BCUT2D eigenvalue weighted by atomic mass is 35.5. The molecule has 3 aromatic rings. The minimum absolute atomic E-state index is 0.0381. The van der Waals surface area contributed by atoms with E-state index in [-0.39, 0.29) is 18.4 Å². The van der Waals surface area contributed by atoms with Gasteiger partial charge in [-0.2, -0.15) is 5.10 Å². The highest BCUT2D eigenvalue weighted by Crippen LogP contribution is 2.13. The first-order valence-electron chi connectivity index (χ1n) is 7.13. The van der Waals surface area contributed by atoms with E-state index in [9.17, 15) is 4.79 Å². The number of carbonyl (C=O) groups is 1. The molecule has 1 aromatic carbocycles. The summed E-state index contributed by atoms with van der Waals surface area (Å²) >= 11 is 11.9. The summed E-state index contributed by atoms with van der Waals surface area (Å²) in [6, 6.07) is 7.47. The molecule has 0 saturated carbocycles. The fraction of sp³-hybridized carbons (Fsp3) is 0.200. The molecule has 0 bridgehead atoms. The van der Waals surface area contributed by atoms with Crippen molar-refractivity contribution in [3.8, 4) is 0 Å². The van der Waals surface area contributed by atoms with Crippen molar-refractivity contribution in [1.82, 2.24) is 24.5 Å². The Balaban J connectivity index is 1.60. The van der Waals surface area contributed by atoms with Crippen LogP contribution in [0.5, 0.6) is 0 Å². The van der Waals surface area contributed by atoms with E-state index in [1.807, 2.05) is 18.2 Å². The first-order chi connectivity index (χ1) is 11.5. The first-order valence-corrected chi connectivity index (χ1v) is 7.88. The number of halogens is 2. The second-order valence-electron chi connectivity index (χ2n) is 5.20. The highest BCUT2D eigenvalue weighted by Gasteiger charge is 2.10. The smallest absolute Gasteiger partial charge is 0.248 e. The molecule has 0 unspecified atom stereocenters. The van der Waals surface area contributed by atoms with Crippen LogP contribution in [0.4, 0.5) is 5.95 Å². The predicted octanol–water partition coefficient (Wildman–Crippen LogP) is 2.78. The van der Waals surface area contributed by atoms with Crippen molar-refractivity contribution in [2.24, 2.45) is 0 Å². The van der Waals surface area contributed by atoms with Crippen LogP contribution in [0, 0.1) is 6.92 Å². The maximum absolute atomic E-state index is 12.0. The van der Waals surface area contributed by atoms with Gasteiger partial charge in [0.2, 0.25) is 11.9 Å². The number of amides is 1. The van der Waals surface area contributed by atoms with Gasteiger partial charge >= 0.3 is 0 Å². The molecule has 0 aliphatic heterocycles. The number of nitrogens with one attached hydrogen (secondary N) is 1. The molecule has 0 aliphatic rings. The van der Waals surface area contributed by atoms with Gasteiger partial charge in [0, 0.05) is 11.2 Å². The molecule has 2 aromatic heterocycles. The largest absolute Gasteiger partial charge is 0.292 e. The molecule has 0 radical (unpaired) electrons. The molecule has 0 aliphatic carbocycles. The lowest BCUT2D eigenvalue weighted by molar-refractivity contribution is -0.116. The maximum Gasteiger partial charge on any atom is 0.248 e. The second-order valence-corrected chi connectivity index (χ2v) is 6.05. The van der Waals surface area contributed by atoms with Gasteiger partial charge in [-0.05, 0) is 24.6 Å². The van der Waals surface area contributed by atoms with E-state index in [4.69, 9.17) is 23.2 Å². The van der Waals surface area contributed by atoms with Gasteiger partial charge in [0.05, 0.1) is 17.3 Å². The summed E-state index contributed by atoms with van der Waals surface area (Å²) in [4.78, 5) is 16.1. The average molecular weight is 365 g/mol. The van der Waals surface area contributed by atoms with E-state index in [1.165, 1.54) is 4.68 Å². The maximum atomic E-state index is 12.0. The zero-order valence-electron chi connectivity index (χ0n) is 12.8. The van der Waals surface area contributed by atoms with Crippen molar-refractivity contribution >= 4 is 35.1 Å². The first kappa shape index (κ1) is 16.5. The monoisotopic (exact) mass is 364 g/mol. The number of hydrogen-bond acceptors (Lipinski definition) is 4. The van der Waals surface area contributed by atoms with Crippen LogP contribution in [0.25, 0.3) is 0 Å². The highest BCUT2D eigenvalue weighted by molar-refractivity contribution is 6.31. The number of benzene rings is 1. The Morgan fingerprint density at radius 1 is 1.25 bits per heavy atom. The molecule has 2 heterocycles. The third-order valence-electron chi connectivity index (χ3n) is 3.21. The van der Waals surface area contributed by atoms with E-state index in [1.54, 1.807) is 30.2 Å².